The van der Waals surface area contributed by atoms with Crippen molar-refractivity contribution in [3.05, 3.63) is 80.9 Å². The Labute approximate surface area is 228 Å². The van der Waals surface area contributed by atoms with Gasteiger partial charge in [-0.05, 0) is 46.4 Å². The van der Waals surface area contributed by atoms with Crippen molar-refractivity contribution in [3.8, 4) is 0 Å². The molecule has 0 bridgehead atoms. The average molecular weight is 620 g/mol. The van der Waals surface area contributed by atoms with Crippen molar-refractivity contribution in [2.24, 2.45) is 0 Å². The fraction of sp³-hybridized carbons (Fsp3) is 0.370. The van der Waals surface area contributed by atoms with Gasteiger partial charge in [0.2, 0.25) is 11.8 Å². The zero-order chi connectivity index (χ0) is 26.4. The van der Waals surface area contributed by atoms with Crippen LogP contribution in [0.15, 0.2) is 66.2 Å². The molecular formula is C27H29IN2O7. The molecule has 4 atom stereocenters. The van der Waals surface area contributed by atoms with Gasteiger partial charge >= 0.3 is 5.97 Å². The molecule has 2 N–H and O–H groups in total. The predicted octanol–water partition coefficient (Wildman–Crippen LogP) is 2.07. The summed E-state index contributed by atoms with van der Waals surface area (Å²) in [5.41, 5.74) is 1.70. The Balaban J connectivity index is 1.53. The van der Waals surface area contributed by atoms with Gasteiger partial charge in [0, 0.05) is 35.6 Å². The van der Waals surface area contributed by atoms with Crippen LogP contribution in [0, 0.1) is 3.57 Å². The minimum Gasteiger partial charge on any atom is -0.455 e. The third kappa shape index (κ3) is 6.56. The van der Waals surface area contributed by atoms with Crippen molar-refractivity contribution in [2.45, 2.75) is 37.2 Å². The number of benzene rings is 2. The number of aliphatic hydroxyl groups is 1. The van der Waals surface area contributed by atoms with Gasteiger partial charge in [0.25, 0.3) is 0 Å². The third-order valence-electron chi connectivity index (χ3n) is 6.40. The minimum atomic E-state index is -0.812. The number of amides is 2. The number of carbonyl (C=O) groups excluding carboxylic acids is 3. The maximum Gasteiger partial charge on any atom is 0.339 e. The molecule has 0 spiro atoms. The summed E-state index contributed by atoms with van der Waals surface area (Å²) in [7, 11) is 1.57. The van der Waals surface area contributed by atoms with Crippen molar-refractivity contribution in [2.75, 3.05) is 27.0 Å². The van der Waals surface area contributed by atoms with E-state index in [0.29, 0.717) is 17.6 Å². The first-order valence-electron chi connectivity index (χ1n) is 12.0. The molecule has 1 aliphatic heterocycles. The molecule has 9 nitrogen and oxygen atoms in total. The van der Waals surface area contributed by atoms with Crippen LogP contribution >= 0.6 is 22.6 Å². The van der Waals surface area contributed by atoms with Crippen LogP contribution in [0.25, 0.3) is 0 Å². The lowest BCUT2D eigenvalue weighted by Crippen LogP contribution is -2.51. The molecule has 0 aromatic heterocycles. The lowest BCUT2D eigenvalue weighted by molar-refractivity contribution is -0.137. The van der Waals surface area contributed by atoms with Crippen LogP contribution in [-0.4, -0.2) is 79.1 Å². The molecule has 0 saturated carbocycles. The number of halogens is 1. The second-order valence-corrected chi connectivity index (χ2v) is 10.00. The van der Waals surface area contributed by atoms with Gasteiger partial charge in [-0.2, -0.15) is 0 Å². The van der Waals surface area contributed by atoms with Crippen LogP contribution in [0.2, 0.25) is 0 Å². The number of aliphatic hydroxyl groups excluding tert-OH is 1. The Hall–Kier alpha value is -2.80. The van der Waals surface area contributed by atoms with E-state index in [-0.39, 0.29) is 38.2 Å². The second kappa shape index (κ2) is 12.6. The van der Waals surface area contributed by atoms with E-state index >= 15 is 0 Å². The highest BCUT2D eigenvalue weighted by Crippen LogP contribution is 2.32. The molecule has 0 radical (unpaired) electrons. The number of hydrogen-bond acceptors (Lipinski definition) is 7. The van der Waals surface area contributed by atoms with E-state index < -0.39 is 30.3 Å². The number of carbonyl (C=O) groups is 3. The van der Waals surface area contributed by atoms with Gasteiger partial charge in [0.05, 0.1) is 12.2 Å². The first kappa shape index (κ1) is 27.2. The first-order valence-corrected chi connectivity index (χ1v) is 13.1. The van der Waals surface area contributed by atoms with Crippen LogP contribution in [-0.2, 0) is 30.2 Å². The average Bonchev–Trinajstić information content (AvgIpc) is 3.39. The summed E-state index contributed by atoms with van der Waals surface area (Å²) >= 11 is 2.07. The maximum atomic E-state index is 13.6. The van der Waals surface area contributed by atoms with Crippen LogP contribution in [0.1, 0.15) is 22.3 Å². The van der Waals surface area contributed by atoms with Gasteiger partial charge < -0.3 is 29.5 Å². The summed E-state index contributed by atoms with van der Waals surface area (Å²) < 4.78 is 17.9. The molecule has 1 aliphatic carbocycles. The molecule has 2 aliphatic rings. The number of fused-ring (bicyclic) bond motifs is 1. The van der Waals surface area contributed by atoms with Crippen LogP contribution < -0.4 is 5.32 Å². The predicted molar refractivity (Wildman–Crippen MR) is 142 cm³/mol. The highest BCUT2D eigenvalue weighted by molar-refractivity contribution is 14.1. The molecule has 2 aromatic rings. The zero-order valence-corrected chi connectivity index (χ0v) is 22.5. The van der Waals surface area contributed by atoms with Gasteiger partial charge in [-0.1, -0.05) is 42.5 Å². The Morgan fingerprint density at radius 2 is 1.86 bits per heavy atom. The van der Waals surface area contributed by atoms with Gasteiger partial charge in [-0.25, -0.2) is 4.79 Å². The zero-order valence-electron chi connectivity index (χ0n) is 20.3. The highest BCUT2D eigenvalue weighted by atomic mass is 127. The van der Waals surface area contributed by atoms with E-state index in [1.807, 2.05) is 42.5 Å². The standard InChI is InChI=1S/C27H29IN2O7/c1-30(21(25(32)29-11-12-31)13-17-7-3-2-4-8-17)26(33)18-14-22-24(36-16-35-22)23(15-18)37-27(34)19-9-5-6-10-20(19)28/h2-10,14,21-24,31H,11-13,15-16H2,1H3,(H,29,32)/t21-,22-,23-,24-/m1/s1. The summed E-state index contributed by atoms with van der Waals surface area (Å²) in [5.74, 6) is -1.24. The molecule has 196 valence electrons. The van der Waals surface area contributed by atoms with Crippen LogP contribution in [0.3, 0.4) is 0 Å². The molecule has 37 heavy (non-hydrogen) atoms. The highest BCUT2D eigenvalue weighted by Gasteiger charge is 2.43. The SMILES string of the molecule is CN(C(=O)C1=C[C@H]2OCO[C@H]2[C@H](OC(=O)c2ccccc2I)C1)[C@H](Cc1ccccc1)C(=O)NCCO. The number of likely N-dealkylation sites (N-methyl/N-ethyl adjacent to an activating group) is 1. The summed E-state index contributed by atoms with van der Waals surface area (Å²) in [6.07, 6.45) is 0.301. The van der Waals surface area contributed by atoms with E-state index in [2.05, 4.69) is 27.9 Å². The topological polar surface area (TPSA) is 114 Å². The molecule has 0 unspecified atom stereocenters. The summed E-state index contributed by atoms with van der Waals surface area (Å²) in [5, 5.41) is 11.8. The summed E-state index contributed by atoms with van der Waals surface area (Å²) in [6.45, 7) is -0.0965. The van der Waals surface area contributed by atoms with E-state index in [0.717, 1.165) is 9.13 Å². The normalized spacial score (nSPS) is 21.4. The van der Waals surface area contributed by atoms with E-state index in [4.69, 9.17) is 19.3 Å². The van der Waals surface area contributed by atoms with Crippen molar-refractivity contribution in [1.29, 1.82) is 0 Å². The number of ether oxygens (including phenoxy) is 3. The van der Waals surface area contributed by atoms with Gasteiger partial charge in [-0.15, -0.1) is 0 Å². The lowest BCUT2D eigenvalue weighted by Gasteiger charge is -2.33. The molecule has 2 aromatic carbocycles. The Bertz CT molecular complexity index is 1160. The number of esters is 1. The fourth-order valence-electron chi connectivity index (χ4n) is 4.45. The van der Waals surface area contributed by atoms with Crippen molar-refractivity contribution in [3.63, 3.8) is 0 Å². The quantitative estimate of drug-likeness (QED) is 0.326. The Morgan fingerprint density at radius 1 is 1.14 bits per heavy atom. The van der Waals surface area contributed by atoms with E-state index in [9.17, 15) is 14.4 Å². The molecule has 1 heterocycles. The second-order valence-electron chi connectivity index (χ2n) is 8.84. The number of nitrogens with zero attached hydrogens (tertiary/aromatic N) is 1. The van der Waals surface area contributed by atoms with E-state index in [1.54, 1.807) is 25.3 Å². The third-order valence-corrected chi connectivity index (χ3v) is 7.34. The van der Waals surface area contributed by atoms with Crippen molar-refractivity contribution >= 4 is 40.4 Å². The van der Waals surface area contributed by atoms with Crippen LogP contribution in [0.4, 0.5) is 0 Å². The Morgan fingerprint density at radius 3 is 2.59 bits per heavy atom. The number of nitrogens with one attached hydrogen (secondary N) is 1. The first-order chi connectivity index (χ1) is 17.9. The molecule has 10 heteroatoms. The number of rotatable bonds is 9. The van der Waals surface area contributed by atoms with Crippen molar-refractivity contribution in [1.82, 2.24) is 10.2 Å². The van der Waals surface area contributed by atoms with Crippen LogP contribution in [0.5, 0.6) is 0 Å². The maximum absolute atomic E-state index is 13.6. The summed E-state index contributed by atoms with van der Waals surface area (Å²) in [4.78, 5) is 40.9. The molecular weight excluding hydrogens is 591 g/mol. The monoisotopic (exact) mass is 620 g/mol. The molecule has 1 fully saturated rings. The van der Waals surface area contributed by atoms with Gasteiger partial charge in [0.15, 0.2) is 0 Å². The number of hydrogen-bond donors (Lipinski definition) is 2. The minimum absolute atomic E-state index is 0.0280. The molecule has 4 rings (SSSR count). The molecule has 1 saturated heterocycles. The summed E-state index contributed by atoms with van der Waals surface area (Å²) in [6, 6.07) is 15.7. The lowest BCUT2D eigenvalue weighted by atomic mass is 9.90. The smallest absolute Gasteiger partial charge is 0.339 e. The fourth-order valence-corrected chi connectivity index (χ4v) is 5.06. The van der Waals surface area contributed by atoms with Gasteiger partial charge in [-0.3, -0.25) is 9.59 Å². The van der Waals surface area contributed by atoms with E-state index in [1.165, 1.54) is 4.90 Å². The Kier molecular flexibility index (Phi) is 9.30. The largest absolute Gasteiger partial charge is 0.455 e. The molecule has 2 amide bonds. The van der Waals surface area contributed by atoms with Crippen molar-refractivity contribution < 1.29 is 33.7 Å². The van der Waals surface area contributed by atoms with Gasteiger partial charge in [0.1, 0.15) is 31.1 Å².